The van der Waals surface area contributed by atoms with E-state index in [9.17, 15) is 18.0 Å². The van der Waals surface area contributed by atoms with Gasteiger partial charge in [0.25, 0.3) is 0 Å². The number of carbonyl (C=O) groups is 1. The number of alkyl halides is 3. The van der Waals surface area contributed by atoms with E-state index in [0.717, 1.165) is 23.9 Å². The summed E-state index contributed by atoms with van der Waals surface area (Å²) in [5.74, 6) is 0.100. The molecule has 3 aromatic rings. The topological polar surface area (TPSA) is 90.5 Å². The predicted octanol–water partition coefficient (Wildman–Crippen LogP) is 3.10. The summed E-state index contributed by atoms with van der Waals surface area (Å²) in [6.07, 6.45) is -0.303. The van der Waals surface area contributed by atoms with Crippen molar-refractivity contribution >= 4 is 23.4 Å². The number of amides is 1. The molecule has 0 spiro atoms. The maximum Gasteiger partial charge on any atom is 0.416 e. The van der Waals surface area contributed by atoms with Gasteiger partial charge >= 0.3 is 6.18 Å². The molecule has 0 fully saturated rings. The molecule has 1 N–H and O–H groups in total. The van der Waals surface area contributed by atoms with Crippen LogP contribution in [0.15, 0.2) is 48.7 Å². The lowest BCUT2D eigenvalue weighted by atomic mass is 10.1. The number of anilines is 1. The molecule has 0 saturated carbocycles. The predicted molar refractivity (Wildman–Crippen MR) is 101 cm³/mol. The normalized spacial score (nSPS) is 11.4. The Morgan fingerprint density at radius 1 is 1.34 bits per heavy atom. The molecule has 2 aromatic heterocycles. The smallest absolute Gasteiger partial charge is 0.323 e. The highest BCUT2D eigenvalue weighted by Crippen LogP contribution is 2.33. The van der Waals surface area contributed by atoms with Crippen molar-refractivity contribution in [2.75, 3.05) is 11.1 Å². The van der Waals surface area contributed by atoms with Gasteiger partial charge in [0.05, 0.1) is 22.7 Å². The second-order valence-corrected chi connectivity index (χ2v) is 6.78. The molecule has 2 heterocycles. The van der Waals surface area contributed by atoms with Crippen molar-refractivity contribution in [2.24, 2.45) is 0 Å². The van der Waals surface area contributed by atoms with Crippen molar-refractivity contribution in [3.8, 4) is 5.69 Å². The Labute approximate surface area is 167 Å². The highest BCUT2D eigenvalue weighted by Gasteiger charge is 2.31. The van der Waals surface area contributed by atoms with Crippen molar-refractivity contribution in [1.29, 1.82) is 0 Å². The van der Waals surface area contributed by atoms with Crippen LogP contribution in [0, 0.1) is 6.92 Å². The molecule has 0 unspecified atom stereocenters. The minimum atomic E-state index is -4.55. The van der Waals surface area contributed by atoms with E-state index in [1.807, 2.05) is 0 Å². The monoisotopic (exact) mass is 423 g/mol. The quantitative estimate of drug-likeness (QED) is 0.464. The fourth-order valence-electron chi connectivity index (χ4n) is 2.47. The third-order valence-corrected chi connectivity index (χ3v) is 4.78. The number of nitrogens with zero attached hydrogens (tertiary/aromatic N) is 6. The van der Waals surface area contributed by atoms with E-state index >= 15 is 0 Å². The Hall–Kier alpha value is -3.15. The molecule has 0 aliphatic carbocycles. The van der Waals surface area contributed by atoms with E-state index < -0.39 is 17.6 Å². The average molecular weight is 423 g/mol. The largest absolute Gasteiger partial charge is 0.416 e. The zero-order valence-electron chi connectivity index (χ0n) is 15.2. The van der Waals surface area contributed by atoms with Crippen molar-refractivity contribution in [3.05, 3.63) is 54.9 Å². The van der Waals surface area contributed by atoms with Gasteiger partial charge in [0.15, 0.2) is 5.16 Å². The van der Waals surface area contributed by atoms with Crippen LogP contribution in [0.2, 0.25) is 0 Å². The number of rotatable bonds is 7. The Kier molecular flexibility index (Phi) is 6.01. The van der Waals surface area contributed by atoms with E-state index in [1.165, 1.54) is 23.4 Å². The number of hydrogen-bond acceptors (Lipinski definition) is 6. The average Bonchev–Trinajstić information content (AvgIpc) is 3.31. The molecule has 29 heavy (non-hydrogen) atoms. The summed E-state index contributed by atoms with van der Waals surface area (Å²) in [4.78, 5) is 16.2. The van der Waals surface area contributed by atoms with E-state index in [0.29, 0.717) is 17.5 Å². The van der Waals surface area contributed by atoms with Gasteiger partial charge in [-0.2, -0.15) is 18.3 Å². The van der Waals surface area contributed by atoms with Gasteiger partial charge in [-0.3, -0.25) is 4.79 Å². The second-order valence-electron chi connectivity index (χ2n) is 5.84. The molecular formula is C17H16F3N7OS. The van der Waals surface area contributed by atoms with Crippen molar-refractivity contribution < 1.29 is 18.0 Å². The van der Waals surface area contributed by atoms with Gasteiger partial charge < -0.3 is 9.88 Å². The Morgan fingerprint density at radius 2 is 2.14 bits per heavy atom. The lowest BCUT2D eigenvalue weighted by Crippen LogP contribution is -2.17. The van der Waals surface area contributed by atoms with Crippen LogP contribution in [0.25, 0.3) is 5.69 Å². The highest BCUT2D eigenvalue weighted by atomic mass is 32.2. The third-order valence-electron chi connectivity index (χ3n) is 3.81. The standard InChI is InChI=1S/C17H16F3N7OS/c1-3-6-26-11(2)24-25-16(26)29-8-15(28)23-13-7-12(17(18,19)20)4-5-14(13)27-10-21-9-22-27/h3-5,7,9-10H,1,6,8H2,2H3,(H,23,28). The number of hydrogen-bond donors (Lipinski definition) is 1. The Bertz CT molecular complexity index is 1010. The van der Waals surface area contributed by atoms with Crippen molar-refractivity contribution in [1.82, 2.24) is 29.5 Å². The SMILES string of the molecule is C=CCn1c(C)nnc1SCC(=O)Nc1cc(C(F)(F)F)ccc1-n1cncn1. The van der Waals surface area contributed by atoms with Gasteiger partial charge in [0.1, 0.15) is 18.5 Å². The molecule has 0 saturated heterocycles. The zero-order valence-corrected chi connectivity index (χ0v) is 16.0. The van der Waals surface area contributed by atoms with Crippen molar-refractivity contribution in [3.63, 3.8) is 0 Å². The third kappa shape index (κ3) is 4.83. The van der Waals surface area contributed by atoms with Crippen LogP contribution in [0.1, 0.15) is 11.4 Å². The van der Waals surface area contributed by atoms with E-state index in [4.69, 9.17) is 0 Å². The molecule has 3 rings (SSSR count). The van der Waals surface area contributed by atoms with Crippen LogP contribution in [-0.4, -0.2) is 41.2 Å². The lowest BCUT2D eigenvalue weighted by Gasteiger charge is -2.14. The molecule has 0 aliphatic heterocycles. The number of carbonyl (C=O) groups excluding carboxylic acids is 1. The first kappa shape index (κ1) is 20.6. The number of allylic oxidation sites excluding steroid dienone is 1. The molecule has 152 valence electrons. The minimum Gasteiger partial charge on any atom is -0.323 e. The van der Waals surface area contributed by atoms with Gasteiger partial charge in [-0.15, -0.1) is 16.8 Å². The van der Waals surface area contributed by atoms with Crippen LogP contribution in [-0.2, 0) is 17.5 Å². The molecular weight excluding hydrogens is 407 g/mol. The number of aromatic nitrogens is 6. The number of nitrogens with one attached hydrogen (secondary N) is 1. The fraction of sp³-hybridized carbons (Fsp3) is 0.235. The number of halogens is 3. The summed E-state index contributed by atoms with van der Waals surface area (Å²) in [6, 6.07) is 3.01. The summed E-state index contributed by atoms with van der Waals surface area (Å²) in [5, 5.41) is 14.9. The van der Waals surface area contributed by atoms with E-state index in [-0.39, 0.29) is 17.1 Å². The second kappa shape index (κ2) is 8.47. The molecule has 8 nitrogen and oxygen atoms in total. The van der Waals surface area contributed by atoms with Crippen LogP contribution < -0.4 is 5.32 Å². The van der Waals surface area contributed by atoms with Gasteiger partial charge in [-0.25, -0.2) is 9.67 Å². The van der Waals surface area contributed by atoms with Gasteiger partial charge in [0, 0.05) is 6.54 Å². The maximum absolute atomic E-state index is 13.1. The first-order valence-electron chi connectivity index (χ1n) is 8.29. The molecule has 0 aliphatic rings. The van der Waals surface area contributed by atoms with Crippen LogP contribution >= 0.6 is 11.8 Å². The number of aryl methyl sites for hydroxylation is 1. The van der Waals surface area contributed by atoms with Gasteiger partial charge in [0.2, 0.25) is 5.91 Å². The first-order valence-corrected chi connectivity index (χ1v) is 9.27. The summed E-state index contributed by atoms with van der Waals surface area (Å²) in [7, 11) is 0. The molecule has 1 aromatic carbocycles. The summed E-state index contributed by atoms with van der Waals surface area (Å²) >= 11 is 1.12. The lowest BCUT2D eigenvalue weighted by molar-refractivity contribution is -0.137. The molecule has 0 bridgehead atoms. The van der Waals surface area contributed by atoms with Crippen LogP contribution in [0.5, 0.6) is 0 Å². The summed E-state index contributed by atoms with van der Waals surface area (Å²) in [6.45, 7) is 5.91. The van der Waals surface area contributed by atoms with Gasteiger partial charge in [-0.05, 0) is 25.1 Å². The Balaban J connectivity index is 1.79. The number of thioether (sulfide) groups is 1. The molecule has 1 amide bonds. The minimum absolute atomic E-state index is 0.0281. The van der Waals surface area contributed by atoms with E-state index in [1.54, 1.807) is 17.6 Å². The molecule has 12 heteroatoms. The zero-order chi connectivity index (χ0) is 21.0. The number of benzene rings is 1. The molecule has 0 radical (unpaired) electrons. The Morgan fingerprint density at radius 3 is 2.79 bits per heavy atom. The van der Waals surface area contributed by atoms with Crippen LogP contribution in [0.3, 0.4) is 0 Å². The van der Waals surface area contributed by atoms with Crippen molar-refractivity contribution in [2.45, 2.75) is 24.8 Å². The van der Waals surface area contributed by atoms with E-state index in [2.05, 4.69) is 32.2 Å². The van der Waals surface area contributed by atoms with Crippen LogP contribution in [0.4, 0.5) is 18.9 Å². The first-order chi connectivity index (χ1) is 13.8. The highest BCUT2D eigenvalue weighted by molar-refractivity contribution is 7.99. The maximum atomic E-state index is 13.1. The summed E-state index contributed by atoms with van der Waals surface area (Å²) < 4.78 is 42.3. The molecule has 0 atom stereocenters. The van der Waals surface area contributed by atoms with Gasteiger partial charge in [-0.1, -0.05) is 17.8 Å². The fourth-order valence-corrected chi connectivity index (χ4v) is 3.26. The summed E-state index contributed by atoms with van der Waals surface area (Å²) in [5.41, 5.74) is -0.648.